The molecule has 1 unspecified atom stereocenters. The Kier molecular flexibility index (Phi) is 9.36. The highest BCUT2D eigenvalue weighted by atomic mass is 16.5. The molecule has 1 N–H and O–H groups in total. The Labute approximate surface area is 98.2 Å². The number of ether oxygens (including phenoxy) is 1. The van der Waals surface area contributed by atoms with Gasteiger partial charge >= 0.3 is 5.97 Å². The smallest absolute Gasteiger partial charge is 0.304 e. The van der Waals surface area contributed by atoms with E-state index < -0.39 is 5.97 Å². The summed E-state index contributed by atoms with van der Waals surface area (Å²) in [4.78, 5) is 9.66. The molecule has 0 amide bonds. The fourth-order valence-electron chi connectivity index (χ4n) is 0.743. The van der Waals surface area contributed by atoms with Gasteiger partial charge in [-0.1, -0.05) is 5.92 Å². The highest BCUT2D eigenvalue weighted by molar-refractivity contribution is 5.66. The molecule has 0 aromatic carbocycles. The first-order chi connectivity index (χ1) is 7.22. The van der Waals surface area contributed by atoms with E-state index >= 15 is 0 Å². The number of carbonyl (C=O) groups is 1. The molecular formula is C13H20O3. The molecule has 0 saturated carbocycles. The first kappa shape index (κ1) is 17.0. The van der Waals surface area contributed by atoms with E-state index in [0.29, 0.717) is 6.42 Å². The Morgan fingerprint density at radius 1 is 1.44 bits per heavy atom. The molecule has 0 heterocycles. The summed E-state index contributed by atoms with van der Waals surface area (Å²) in [6.45, 7) is 7.83. The summed E-state index contributed by atoms with van der Waals surface area (Å²) in [5, 5.41) is 7.95. The molecule has 0 saturated heterocycles. The molecule has 0 aliphatic heterocycles. The van der Waals surface area contributed by atoms with Crippen molar-refractivity contribution in [2.45, 2.75) is 52.2 Å². The van der Waals surface area contributed by atoms with Crippen molar-refractivity contribution in [1.82, 2.24) is 0 Å². The normalized spacial score (nSPS) is 11.4. The summed E-state index contributed by atoms with van der Waals surface area (Å²) in [6, 6.07) is 0. The minimum atomic E-state index is -0.835. The highest BCUT2D eigenvalue weighted by Crippen LogP contribution is 2.09. The van der Waals surface area contributed by atoms with Crippen molar-refractivity contribution in [2.24, 2.45) is 0 Å². The van der Waals surface area contributed by atoms with Gasteiger partial charge in [0.25, 0.3) is 0 Å². The maximum absolute atomic E-state index is 9.66. The van der Waals surface area contributed by atoms with Gasteiger partial charge < -0.3 is 9.84 Å². The zero-order valence-corrected chi connectivity index (χ0v) is 10.4. The molecule has 1 atom stereocenters. The van der Waals surface area contributed by atoms with Crippen LogP contribution in [0.15, 0.2) is 0 Å². The number of hydrogen-bond acceptors (Lipinski definition) is 2. The summed E-state index contributed by atoms with van der Waals surface area (Å²) in [7, 11) is 0. The van der Waals surface area contributed by atoms with Crippen molar-refractivity contribution in [3.05, 3.63) is 0 Å². The fourth-order valence-corrected chi connectivity index (χ4v) is 0.743. The molecule has 0 bridgehead atoms. The maximum Gasteiger partial charge on any atom is 0.304 e. The summed E-state index contributed by atoms with van der Waals surface area (Å²) in [6.07, 6.45) is 10.2. The van der Waals surface area contributed by atoms with Crippen molar-refractivity contribution < 1.29 is 14.6 Å². The van der Waals surface area contributed by atoms with E-state index in [1.165, 1.54) is 0 Å². The zero-order chi connectivity index (χ0) is 13.2. The monoisotopic (exact) mass is 224 g/mol. The average molecular weight is 224 g/mol. The molecule has 0 spiro atoms. The third kappa shape index (κ3) is 18.4. The van der Waals surface area contributed by atoms with E-state index in [4.69, 9.17) is 22.7 Å². The Hall–Kier alpha value is -1.45. The van der Waals surface area contributed by atoms with Crippen LogP contribution in [0.5, 0.6) is 0 Å². The van der Waals surface area contributed by atoms with Gasteiger partial charge in [0.1, 0.15) is 6.10 Å². The minimum absolute atomic E-state index is 0.0787. The van der Waals surface area contributed by atoms with Crippen molar-refractivity contribution in [3.8, 4) is 24.7 Å². The Morgan fingerprint density at radius 2 is 1.94 bits per heavy atom. The molecule has 0 radical (unpaired) electrons. The van der Waals surface area contributed by atoms with Crippen molar-refractivity contribution >= 4 is 5.97 Å². The number of carboxylic acid groups (broad SMARTS) is 1. The van der Waals surface area contributed by atoms with E-state index in [0.717, 1.165) is 0 Å². The van der Waals surface area contributed by atoms with Crippen molar-refractivity contribution in [1.29, 1.82) is 0 Å². The number of hydrogen-bond donors (Lipinski definition) is 1. The van der Waals surface area contributed by atoms with Gasteiger partial charge in [-0.15, -0.1) is 18.8 Å². The van der Waals surface area contributed by atoms with E-state index in [-0.39, 0.29) is 18.1 Å². The molecule has 0 aromatic rings. The predicted molar refractivity (Wildman–Crippen MR) is 64.8 cm³/mol. The largest absolute Gasteiger partial charge is 0.481 e. The van der Waals surface area contributed by atoms with Crippen LogP contribution in [-0.4, -0.2) is 22.8 Å². The van der Waals surface area contributed by atoms with Crippen LogP contribution in [0, 0.1) is 24.7 Å². The van der Waals surface area contributed by atoms with Crippen LogP contribution in [-0.2, 0) is 9.53 Å². The number of rotatable bonds is 3. The van der Waals surface area contributed by atoms with E-state index in [9.17, 15) is 4.79 Å². The third-order valence-electron chi connectivity index (χ3n) is 1.25. The third-order valence-corrected chi connectivity index (χ3v) is 1.25. The van der Waals surface area contributed by atoms with E-state index in [1.807, 2.05) is 27.7 Å². The van der Waals surface area contributed by atoms with Gasteiger partial charge in [-0.05, 0) is 27.7 Å². The molecule has 0 aliphatic rings. The lowest BCUT2D eigenvalue weighted by atomic mass is 10.2. The van der Waals surface area contributed by atoms with Crippen LogP contribution in [0.2, 0.25) is 0 Å². The lowest BCUT2D eigenvalue weighted by Crippen LogP contribution is -2.24. The summed E-state index contributed by atoms with van der Waals surface area (Å²) in [5.41, 5.74) is -0.119. The Balaban J connectivity index is 0. The zero-order valence-electron chi connectivity index (χ0n) is 10.4. The van der Waals surface area contributed by atoms with Crippen molar-refractivity contribution in [3.63, 3.8) is 0 Å². The molecular weight excluding hydrogens is 204 g/mol. The van der Waals surface area contributed by atoms with Crippen LogP contribution in [0.1, 0.15) is 40.5 Å². The second-order valence-corrected chi connectivity index (χ2v) is 4.14. The maximum atomic E-state index is 9.66. The molecule has 0 aliphatic carbocycles. The second-order valence-electron chi connectivity index (χ2n) is 4.14. The predicted octanol–water partition coefficient (Wildman–Crippen LogP) is 2.31. The van der Waals surface area contributed by atoms with E-state index in [1.54, 1.807) is 0 Å². The molecule has 3 nitrogen and oxygen atoms in total. The van der Waals surface area contributed by atoms with Crippen LogP contribution in [0.25, 0.3) is 0 Å². The fraction of sp³-hybridized carbons (Fsp3) is 0.615. The Morgan fingerprint density at radius 3 is 2.06 bits per heavy atom. The first-order valence-corrected chi connectivity index (χ1v) is 5.02. The first-order valence-electron chi connectivity index (χ1n) is 5.02. The van der Waals surface area contributed by atoms with Crippen LogP contribution in [0.4, 0.5) is 0 Å². The lowest BCUT2D eigenvalue weighted by molar-refractivity contribution is -0.136. The summed E-state index contributed by atoms with van der Waals surface area (Å²) < 4.78 is 5.35. The molecule has 3 heteroatoms. The summed E-state index contributed by atoms with van der Waals surface area (Å²) >= 11 is 0. The number of terminal acetylenes is 2. The Bertz CT molecular complexity index is 273. The van der Waals surface area contributed by atoms with Gasteiger partial charge in [0.2, 0.25) is 0 Å². The van der Waals surface area contributed by atoms with Gasteiger partial charge in [0.15, 0.2) is 0 Å². The van der Waals surface area contributed by atoms with Gasteiger partial charge in [-0.3, -0.25) is 4.79 Å². The van der Waals surface area contributed by atoms with E-state index in [2.05, 4.69) is 11.8 Å². The molecule has 0 rings (SSSR count). The molecule has 90 valence electrons. The molecule has 0 aromatic heterocycles. The van der Waals surface area contributed by atoms with Crippen LogP contribution < -0.4 is 0 Å². The van der Waals surface area contributed by atoms with Gasteiger partial charge in [-0.25, -0.2) is 0 Å². The highest BCUT2D eigenvalue weighted by Gasteiger charge is 2.12. The molecule has 0 fully saturated rings. The number of carboxylic acids is 1. The van der Waals surface area contributed by atoms with Crippen molar-refractivity contribution in [2.75, 3.05) is 0 Å². The summed E-state index contributed by atoms with van der Waals surface area (Å²) in [5.74, 6) is 3.88. The van der Waals surface area contributed by atoms with Gasteiger partial charge in [-0.2, -0.15) is 0 Å². The minimum Gasteiger partial charge on any atom is -0.481 e. The molecule has 16 heavy (non-hydrogen) atoms. The second kappa shape index (κ2) is 8.83. The lowest BCUT2D eigenvalue weighted by Gasteiger charge is -2.21. The SMILES string of the molecule is C#CC(C)OC(C)(C)C.C#CCCC(=O)O. The average Bonchev–Trinajstić information content (AvgIpc) is 2.13. The topological polar surface area (TPSA) is 46.5 Å². The standard InChI is InChI=1S/C8H14O.C5H6O2/c1-6-7(2)9-8(3,4)5;1-2-3-4-5(6)7/h1,7H,2-5H3;1H,3-4H2,(H,6,7). The van der Waals surface area contributed by atoms with Crippen LogP contribution >= 0.6 is 0 Å². The van der Waals surface area contributed by atoms with Gasteiger partial charge in [0.05, 0.1) is 12.0 Å². The quantitative estimate of drug-likeness (QED) is 0.748. The van der Waals surface area contributed by atoms with Gasteiger partial charge in [0, 0.05) is 6.42 Å². The number of aliphatic carboxylic acids is 1. The van der Waals surface area contributed by atoms with Crippen LogP contribution in [0.3, 0.4) is 0 Å².